The van der Waals surface area contributed by atoms with Gasteiger partial charge in [0.1, 0.15) is 12.1 Å². The number of carbonyl (C=O) groups excluding carboxylic acids is 2. The molecule has 0 radical (unpaired) electrons. The Morgan fingerprint density at radius 2 is 2.08 bits per heavy atom. The van der Waals surface area contributed by atoms with Crippen molar-refractivity contribution in [2.75, 3.05) is 0 Å². The number of carbonyl (C=O) groups is 2. The van der Waals surface area contributed by atoms with Crippen molar-refractivity contribution in [3.05, 3.63) is 0 Å². The molecule has 13 heavy (non-hydrogen) atoms. The Morgan fingerprint density at radius 3 is 2.54 bits per heavy atom. The highest BCUT2D eigenvalue weighted by molar-refractivity contribution is 5.81. The van der Waals surface area contributed by atoms with Gasteiger partial charge >= 0.3 is 0 Å². The van der Waals surface area contributed by atoms with Crippen LogP contribution in [0.2, 0.25) is 0 Å². The molecule has 0 saturated carbocycles. The van der Waals surface area contributed by atoms with E-state index in [1.54, 1.807) is 0 Å². The average Bonchev–Trinajstić information content (AvgIpc) is 2.16. The number of rotatable bonds is 8. The molecule has 0 aliphatic rings. The van der Waals surface area contributed by atoms with Crippen LogP contribution in [0.3, 0.4) is 0 Å². The fourth-order valence-corrected chi connectivity index (χ4v) is 1.42. The fourth-order valence-electron chi connectivity index (χ4n) is 1.42. The van der Waals surface area contributed by atoms with E-state index in [4.69, 9.17) is 0 Å². The first-order valence-corrected chi connectivity index (χ1v) is 5.22. The third-order valence-electron chi connectivity index (χ3n) is 2.36. The summed E-state index contributed by atoms with van der Waals surface area (Å²) in [6.45, 7) is 4.10. The molecule has 0 heterocycles. The number of hydrogen-bond acceptors (Lipinski definition) is 2. The SMILES string of the molecule is CCCCC(=O)C(CC)CCC=O. The predicted molar refractivity (Wildman–Crippen MR) is 53.6 cm³/mol. The normalized spacial score (nSPS) is 12.5. The van der Waals surface area contributed by atoms with Crippen LogP contribution in [0, 0.1) is 5.92 Å². The van der Waals surface area contributed by atoms with E-state index in [1.165, 1.54) is 0 Å². The monoisotopic (exact) mass is 184 g/mol. The molecule has 0 saturated heterocycles. The number of Topliss-reactive ketones (excluding diaryl/α,β-unsaturated/α-hetero) is 1. The van der Waals surface area contributed by atoms with E-state index in [1.807, 2.05) is 6.92 Å². The Labute approximate surface area is 80.7 Å². The number of ketones is 1. The molecule has 0 aromatic rings. The molecule has 0 bridgehead atoms. The lowest BCUT2D eigenvalue weighted by atomic mass is 9.93. The lowest BCUT2D eigenvalue weighted by molar-refractivity contribution is -0.123. The minimum absolute atomic E-state index is 0.122. The van der Waals surface area contributed by atoms with Crippen LogP contribution in [-0.2, 0) is 9.59 Å². The lowest BCUT2D eigenvalue weighted by Crippen LogP contribution is -2.13. The summed E-state index contributed by atoms with van der Waals surface area (Å²) in [5.74, 6) is 0.461. The highest BCUT2D eigenvalue weighted by Gasteiger charge is 2.14. The summed E-state index contributed by atoms with van der Waals surface area (Å²) in [6, 6.07) is 0. The quantitative estimate of drug-likeness (QED) is 0.543. The summed E-state index contributed by atoms with van der Waals surface area (Å²) in [4.78, 5) is 21.7. The Kier molecular flexibility index (Phi) is 7.56. The van der Waals surface area contributed by atoms with Crippen molar-refractivity contribution in [1.29, 1.82) is 0 Å². The van der Waals surface area contributed by atoms with Gasteiger partial charge in [-0.15, -0.1) is 0 Å². The van der Waals surface area contributed by atoms with Crippen molar-refractivity contribution >= 4 is 12.1 Å². The van der Waals surface area contributed by atoms with Gasteiger partial charge in [0.25, 0.3) is 0 Å². The van der Waals surface area contributed by atoms with E-state index in [0.29, 0.717) is 18.6 Å². The van der Waals surface area contributed by atoms with Crippen molar-refractivity contribution in [2.45, 2.75) is 52.4 Å². The van der Waals surface area contributed by atoms with E-state index in [9.17, 15) is 9.59 Å². The van der Waals surface area contributed by atoms with Gasteiger partial charge in [0.05, 0.1) is 0 Å². The van der Waals surface area contributed by atoms with Crippen LogP contribution < -0.4 is 0 Å². The van der Waals surface area contributed by atoms with Crippen molar-refractivity contribution in [1.82, 2.24) is 0 Å². The number of unbranched alkanes of at least 4 members (excludes halogenated alkanes) is 1. The van der Waals surface area contributed by atoms with Crippen LogP contribution in [0.5, 0.6) is 0 Å². The maximum atomic E-state index is 11.5. The van der Waals surface area contributed by atoms with Gasteiger partial charge < -0.3 is 4.79 Å². The molecule has 0 amide bonds. The molecule has 2 heteroatoms. The highest BCUT2D eigenvalue weighted by Crippen LogP contribution is 2.14. The summed E-state index contributed by atoms with van der Waals surface area (Å²) in [5.41, 5.74) is 0. The van der Waals surface area contributed by atoms with E-state index in [-0.39, 0.29) is 5.92 Å². The molecular weight excluding hydrogens is 164 g/mol. The second-order valence-corrected chi connectivity index (χ2v) is 3.42. The summed E-state index contributed by atoms with van der Waals surface area (Å²) < 4.78 is 0. The van der Waals surface area contributed by atoms with Crippen molar-refractivity contribution in [3.63, 3.8) is 0 Å². The van der Waals surface area contributed by atoms with Gasteiger partial charge in [-0.3, -0.25) is 4.79 Å². The van der Waals surface area contributed by atoms with Crippen molar-refractivity contribution in [2.24, 2.45) is 5.92 Å². The maximum absolute atomic E-state index is 11.5. The molecule has 0 aromatic carbocycles. The first-order chi connectivity index (χ1) is 6.26. The van der Waals surface area contributed by atoms with Gasteiger partial charge in [-0.1, -0.05) is 20.3 Å². The predicted octanol–water partition coefficient (Wildman–Crippen LogP) is 2.75. The van der Waals surface area contributed by atoms with Gasteiger partial charge in [0.15, 0.2) is 0 Å². The molecule has 0 fully saturated rings. The Morgan fingerprint density at radius 1 is 1.38 bits per heavy atom. The van der Waals surface area contributed by atoms with Gasteiger partial charge in [0.2, 0.25) is 0 Å². The minimum atomic E-state index is 0.122. The van der Waals surface area contributed by atoms with Crippen LogP contribution in [-0.4, -0.2) is 12.1 Å². The first-order valence-electron chi connectivity index (χ1n) is 5.22. The Bertz CT molecular complexity index is 152. The molecule has 0 N–H and O–H groups in total. The molecule has 2 nitrogen and oxygen atoms in total. The fraction of sp³-hybridized carbons (Fsp3) is 0.818. The van der Waals surface area contributed by atoms with Crippen LogP contribution in [0.4, 0.5) is 0 Å². The summed E-state index contributed by atoms with van der Waals surface area (Å²) in [5, 5.41) is 0. The highest BCUT2D eigenvalue weighted by atomic mass is 16.1. The maximum Gasteiger partial charge on any atom is 0.135 e. The smallest absolute Gasteiger partial charge is 0.135 e. The number of hydrogen-bond donors (Lipinski definition) is 0. The van der Waals surface area contributed by atoms with Crippen LogP contribution in [0.25, 0.3) is 0 Å². The number of aldehydes is 1. The minimum Gasteiger partial charge on any atom is -0.303 e. The third-order valence-corrected chi connectivity index (χ3v) is 2.36. The standard InChI is InChI=1S/C11H20O2/c1-3-5-8-11(13)10(4-2)7-6-9-12/h9-10H,3-8H2,1-2H3. The molecular formula is C11H20O2. The Hall–Kier alpha value is -0.660. The summed E-state index contributed by atoms with van der Waals surface area (Å²) >= 11 is 0. The van der Waals surface area contributed by atoms with Crippen LogP contribution in [0.15, 0.2) is 0 Å². The van der Waals surface area contributed by atoms with E-state index in [2.05, 4.69) is 6.92 Å². The van der Waals surface area contributed by atoms with Crippen molar-refractivity contribution < 1.29 is 9.59 Å². The topological polar surface area (TPSA) is 34.1 Å². The zero-order valence-electron chi connectivity index (χ0n) is 8.71. The zero-order chi connectivity index (χ0) is 10.1. The molecule has 0 rings (SSSR count). The van der Waals surface area contributed by atoms with E-state index < -0.39 is 0 Å². The largest absolute Gasteiger partial charge is 0.303 e. The Balaban J connectivity index is 3.77. The second kappa shape index (κ2) is 7.96. The van der Waals surface area contributed by atoms with Gasteiger partial charge in [-0.2, -0.15) is 0 Å². The lowest BCUT2D eigenvalue weighted by Gasteiger charge is -2.11. The molecule has 0 spiro atoms. The molecule has 0 aliphatic carbocycles. The third kappa shape index (κ3) is 5.56. The zero-order valence-corrected chi connectivity index (χ0v) is 8.71. The average molecular weight is 184 g/mol. The molecule has 76 valence electrons. The van der Waals surface area contributed by atoms with Crippen LogP contribution in [0.1, 0.15) is 52.4 Å². The summed E-state index contributed by atoms with van der Waals surface area (Å²) in [6.07, 6.45) is 5.77. The molecule has 1 unspecified atom stereocenters. The van der Waals surface area contributed by atoms with Gasteiger partial charge in [-0.25, -0.2) is 0 Å². The van der Waals surface area contributed by atoms with Crippen LogP contribution >= 0.6 is 0 Å². The second-order valence-electron chi connectivity index (χ2n) is 3.42. The van der Waals surface area contributed by atoms with E-state index in [0.717, 1.165) is 32.0 Å². The molecule has 0 aromatic heterocycles. The molecule has 1 atom stereocenters. The van der Waals surface area contributed by atoms with Crippen molar-refractivity contribution in [3.8, 4) is 0 Å². The first kappa shape index (κ1) is 12.3. The van der Waals surface area contributed by atoms with Gasteiger partial charge in [0, 0.05) is 18.8 Å². The van der Waals surface area contributed by atoms with E-state index >= 15 is 0 Å². The van der Waals surface area contributed by atoms with Gasteiger partial charge in [-0.05, 0) is 19.3 Å². The molecule has 0 aliphatic heterocycles. The summed E-state index contributed by atoms with van der Waals surface area (Å²) in [7, 11) is 0.